The number of carbonyl (C=O) groups is 2. The van der Waals surface area contributed by atoms with Crippen molar-refractivity contribution in [3.05, 3.63) is 83.0 Å². The lowest BCUT2D eigenvalue weighted by molar-refractivity contribution is -0.131. The van der Waals surface area contributed by atoms with Crippen LogP contribution < -0.4 is 5.32 Å². The van der Waals surface area contributed by atoms with E-state index in [1.807, 2.05) is 42.5 Å². The van der Waals surface area contributed by atoms with Crippen molar-refractivity contribution in [3.8, 4) is 0 Å². The fraction of sp³-hybridized carbons (Fsp3) is 0.280. The van der Waals surface area contributed by atoms with Crippen LogP contribution >= 0.6 is 11.6 Å². The number of hydrogen-bond acceptors (Lipinski definition) is 4. The summed E-state index contributed by atoms with van der Waals surface area (Å²) in [6.07, 6.45) is 6.98. The van der Waals surface area contributed by atoms with Gasteiger partial charge in [-0.3, -0.25) is 9.59 Å². The SMILES string of the molecule is CCCCN1C=C2c3ccccc3NC2(c2ccc(Cl)cc2)C2C(=O)C=CC(=O)C21. The van der Waals surface area contributed by atoms with Crippen molar-refractivity contribution in [2.24, 2.45) is 5.92 Å². The Morgan fingerprint density at radius 1 is 1.03 bits per heavy atom. The molecule has 2 heterocycles. The monoisotopic (exact) mass is 418 g/mol. The van der Waals surface area contributed by atoms with Crippen molar-refractivity contribution in [1.82, 2.24) is 4.90 Å². The Hall–Kier alpha value is -2.85. The Morgan fingerprint density at radius 3 is 2.53 bits per heavy atom. The Morgan fingerprint density at radius 2 is 1.77 bits per heavy atom. The van der Waals surface area contributed by atoms with E-state index >= 15 is 0 Å². The quantitative estimate of drug-likeness (QED) is 0.774. The number of benzene rings is 2. The maximum Gasteiger partial charge on any atom is 0.179 e. The zero-order valence-corrected chi connectivity index (χ0v) is 17.5. The van der Waals surface area contributed by atoms with Crippen LogP contribution in [0.4, 0.5) is 5.69 Å². The van der Waals surface area contributed by atoms with E-state index in [0.29, 0.717) is 5.02 Å². The Bertz CT molecular complexity index is 1090. The number of hydrogen-bond donors (Lipinski definition) is 1. The summed E-state index contributed by atoms with van der Waals surface area (Å²) in [6.45, 7) is 2.87. The smallest absolute Gasteiger partial charge is 0.179 e. The van der Waals surface area contributed by atoms with Crippen LogP contribution in [0.5, 0.6) is 0 Å². The highest BCUT2D eigenvalue weighted by Crippen LogP contribution is 2.56. The second-order valence-electron chi connectivity index (χ2n) is 8.18. The molecule has 3 atom stereocenters. The molecular weight excluding hydrogens is 396 g/mol. The molecule has 2 aromatic carbocycles. The predicted octanol–water partition coefficient (Wildman–Crippen LogP) is 4.81. The molecule has 3 aliphatic rings. The van der Waals surface area contributed by atoms with Gasteiger partial charge >= 0.3 is 0 Å². The third-order valence-corrected chi connectivity index (χ3v) is 6.74. The first-order chi connectivity index (χ1) is 14.6. The van der Waals surface area contributed by atoms with E-state index in [1.165, 1.54) is 12.2 Å². The summed E-state index contributed by atoms with van der Waals surface area (Å²) >= 11 is 6.17. The maximum absolute atomic E-state index is 13.4. The van der Waals surface area contributed by atoms with Crippen molar-refractivity contribution in [2.75, 3.05) is 11.9 Å². The first-order valence-electron chi connectivity index (χ1n) is 10.4. The average Bonchev–Trinajstić information content (AvgIpc) is 3.09. The number of para-hydroxylation sites is 1. The number of carbonyl (C=O) groups excluding carboxylic acids is 2. The maximum atomic E-state index is 13.4. The van der Waals surface area contributed by atoms with E-state index < -0.39 is 17.5 Å². The van der Waals surface area contributed by atoms with Crippen LogP contribution in [-0.4, -0.2) is 29.1 Å². The van der Waals surface area contributed by atoms with Gasteiger partial charge in [0.25, 0.3) is 0 Å². The zero-order chi connectivity index (χ0) is 20.9. The van der Waals surface area contributed by atoms with Gasteiger partial charge in [0.1, 0.15) is 11.6 Å². The molecule has 0 fully saturated rings. The molecule has 30 heavy (non-hydrogen) atoms. The molecule has 3 unspecified atom stereocenters. The lowest BCUT2D eigenvalue weighted by Crippen LogP contribution is -2.61. The molecule has 0 bridgehead atoms. The number of fused-ring (bicyclic) bond motifs is 5. The van der Waals surface area contributed by atoms with E-state index in [9.17, 15) is 9.59 Å². The van der Waals surface area contributed by atoms with Crippen molar-refractivity contribution in [3.63, 3.8) is 0 Å². The average molecular weight is 419 g/mol. The number of halogens is 1. The molecule has 4 nitrogen and oxygen atoms in total. The molecular formula is C25H23ClN2O2. The van der Waals surface area contributed by atoms with Crippen LogP contribution in [0.1, 0.15) is 30.9 Å². The van der Waals surface area contributed by atoms with Gasteiger partial charge in [0.05, 0.1) is 5.92 Å². The molecule has 5 rings (SSSR count). The van der Waals surface area contributed by atoms with Crippen LogP contribution in [0, 0.1) is 5.92 Å². The van der Waals surface area contributed by atoms with Gasteiger partial charge in [-0.15, -0.1) is 0 Å². The van der Waals surface area contributed by atoms with Gasteiger partial charge in [-0.25, -0.2) is 0 Å². The summed E-state index contributed by atoms with van der Waals surface area (Å²) in [5, 5.41) is 4.31. The van der Waals surface area contributed by atoms with Crippen molar-refractivity contribution in [2.45, 2.75) is 31.3 Å². The molecule has 1 aliphatic carbocycles. The number of anilines is 1. The first kappa shape index (κ1) is 19.1. The highest BCUT2D eigenvalue weighted by molar-refractivity contribution is 6.30. The lowest BCUT2D eigenvalue weighted by atomic mass is 9.64. The second-order valence-corrected chi connectivity index (χ2v) is 8.62. The van der Waals surface area contributed by atoms with Crippen LogP contribution in [0.3, 0.4) is 0 Å². The summed E-state index contributed by atoms with van der Waals surface area (Å²) < 4.78 is 0. The van der Waals surface area contributed by atoms with Crippen LogP contribution in [0.15, 0.2) is 66.9 Å². The fourth-order valence-electron chi connectivity index (χ4n) is 5.14. The van der Waals surface area contributed by atoms with Gasteiger partial charge in [0.15, 0.2) is 11.6 Å². The van der Waals surface area contributed by atoms with Crippen molar-refractivity contribution < 1.29 is 9.59 Å². The molecule has 1 N–H and O–H groups in total. The van der Waals surface area contributed by atoms with Crippen molar-refractivity contribution >= 4 is 34.4 Å². The van der Waals surface area contributed by atoms with Crippen LogP contribution in [0.2, 0.25) is 5.02 Å². The van der Waals surface area contributed by atoms with Gasteiger partial charge < -0.3 is 10.2 Å². The largest absolute Gasteiger partial charge is 0.370 e. The third kappa shape index (κ3) is 2.67. The zero-order valence-electron chi connectivity index (χ0n) is 16.8. The minimum absolute atomic E-state index is 0.0166. The summed E-state index contributed by atoms with van der Waals surface area (Å²) in [5.41, 5.74) is 3.22. The molecule has 0 spiro atoms. The molecule has 0 radical (unpaired) electrons. The Labute approximate surface area is 181 Å². The summed E-state index contributed by atoms with van der Waals surface area (Å²) in [6, 6.07) is 15.2. The van der Waals surface area contributed by atoms with Crippen LogP contribution in [0.25, 0.3) is 5.57 Å². The molecule has 0 amide bonds. The number of ketones is 2. The van der Waals surface area contributed by atoms with Gasteiger partial charge in [-0.05, 0) is 42.3 Å². The van der Waals surface area contributed by atoms with Crippen molar-refractivity contribution in [1.29, 1.82) is 0 Å². The highest BCUT2D eigenvalue weighted by Gasteiger charge is 2.59. The number of nitrogens with zero attached hydrogens (tertiary/aromatic N) is 1. The molecule has 2 aromatic rings. The van der Waals surface area contributed by atoms with E-state index in [-0.39, 0.29) is 11.6 Å². The Kier molecular flexibility index (Phi) is 4.55. The predicted molar refractivity (Wildman–Crippen MR) is 119 cm³/mol. The van der Waals surface area contributed by atoms with E-state index in [0.717, 1.165) is 41.8 Å². The normalized spacial score (nSPS) is 26.6. The van der Waals surface area contributed by atoms with Gasteiger partial charge in [-0.2, -0.15) is 0 Å². The lowest BCUT2D eigenvalue weighted by Gasteiger charge is -2.50. The van der Waals surface area contributed by atoms with Gasteiger partial charge in [0.2, 0.25) is 0 Å². The summed E-state index contributed by atoms with van der Waals surface area (Å²) in [4.78, 5) is 28.5. The molecule has 0 aromatic heterocycles. The minimum atomic E-state index is -0.806. The number of nitrogens with one attached hydrogen (secondary N) is 1. The number of allylic oxidation sites excluding steroid dienone is 1. The summed E-state index contributed by atoms with van der Waals surface area (Å²) in [7, 11) is 0. The van der Waals surface area contributed by atoms with Gasteiger partial charge in [0, 0.05) is 34.6 Å². The topological polar surface area (TPSA) is 49.4 Å². The fourth-order valence-corrected chi connectivity index (χ4v) is 5.26. The number of rotatable bonds is 4. The Balaban J connectivity index is 1.78. The number of unbranched alkanes of at least 4 members (excludes halogenated alkanes) is 1. The van der Waals surface area contributed by atoms with Gasteiger partial charge in [-0.1, -0.05) is 55.3 Å². The second kappa shape index (κ2) is 7.13. The first-order valence-corrected chi connectivity index (χ1v) is 10.8. The summed E-state index contributed by atoms with van der Waals surface area (Å²) in [5.74, 6) is -0.598. The molecule has 0 saturated heterocycles. The third-order valence-electron chi connectivity index (χ3n) is 6.49. The standard InChI is InChI=1S/C25H23ClN2O2/c1-2-3-14-28-15-19-18-6-4-5-7-20(18)27-25(19,16-8-10-17(26)11-9-16)23-21(29)12-13-22(30)24(23)28/h4-13,15,23-24,27H,2-3,14H2,1H3. The van der Waals surface area contributed by atoms with E-state index in [1.54, 1.807) is 0 Å². The highest BCUT2D eigenvalue weighted by atomic mass is 35.5. The molecule has 0 saturated carbocycles. The van der Waals surface area contributed by atoms with E-state index in [2.05, 4.69) is 29.4 Å². The van der Waals surface area contributed by atoms with E-state index in [4.69, 9.17) is 11.6 Å². The molecule has 152 valence electrons. The molecule has 5 heteroatoms. The van der Waals surface area contributed by atoms with Crippen LogP contribution in [-0.2, 0) is 15.1 Å². The molecule has 2 aliphatic heterocycles. The minimum Gasteiger partial charge on any atom is -0.370 e.